The van der Waals surface area contributed by atoms with Crippen molar-refractivity contribution in [2.24, 2.45) is 0 Å². The normalized spacial score (nSPS) is 11.9. The van der Waals surface area contributed by atoms with Crippen LogP contribution < -0.4 is 0 Å². The summed E-state index contributed by atoms with van der Waals surface area (Å²) in [5, 5.41) is 9.84. The maximum atomic E-state index is 10.6. The van der Waals surface area contributed by atoms with Crippen LogP contribution in [0.3, 0.4) is 0 Å². The molecule has 0 aliphatic heterocycles. The Kier molecular flexibility index (Phi) is 5.54. The van der Waals surface area contributed by atoms with E-state index in [2.05, 4.69) is 27.7 Å². The van der Waals surface area contributed by atoms with Crippen molar-refractivity contribution in [1.29, 1.82) is 0 Å². The zero-order chi connectivity index (χ0) is 13.7. The molecule has 4 heteroatoms. The highest BCUT2D eigenvalue weighted by atomic mass is 32.1. The molecule has 0 atom stereocenters. The van der Waals surface area contributed by atoms with Crippen molar-refractivity contribution in [1.82, 2.24) is 4.98 Å². The van der Waals surface area contributed by atoms with E-state index in [1.807, 2.05) is 0 Å². The third-order valence-corrected chi connectivity index (χ3v) is 4.16. The number of carbonyl (C=O) groups is 1. The van der Waals surface area contributed by atoms with Crippen molar-refractivity contribution in [3.8, 4) is 0 Å². The molecule has 0 saturated heterocycles. The van der Waals surface area contributed by atoms with Crippen LogP contribution in [0.15, 0.2) is 6.08 Å². The van der Waals surface area contributed by atoms with Crippen molar-refractivity contribution < 1.29 is 9.90 Å². The number of aromatic nitrogens is 1. The fraction of sp³-hybridized carbons (Fsp3) is 0.571. The van der Waals surface area contributed by atoms with Crippen molar-refractivity contribution in [3.05, 3.63) is 21.7 Å². The van der Waals surface area contributed by atoms with Crippen LogP contribution in [0.1, 0.15) is 68.0 Å². The van der Waals surface area contributed by atoms with Crippen LogP contribution in [0.25, 0.3) is 6.08 Å². The van der Waals surface area contributed by atoms with Gasteiger partial charge in [0.15, 0.2) is 0 Å². The first kappa shape index (κ1) is 14.9. The molecule has 0 saturated carbocycles. The molecule has 100 valence electrons. The van der Waals surface area contributed by atoms with E-state index in [0.717, 1.165) is 28.4 Å². The number of nitrogens with zero attached hydrogens (tertiary/aromatic N) is 1. The lowest BCUT2D eigenvalue weighted by atomic mass is 10.0. The number of carboxylic acids is 1. The molecule has 1 aromatic rings. The summed E-state index contributed by atoms with van der Waals surface area (Å²) in [7, 11) is 0. The maximum Gasteiger partial charge on any atom is 0.328 e. The van der Waals surface area contributed by atoms with E-state index in [9.17, 15) is 4.79 Å². The zero-order valence-corrected chi connectivity index (χ0v) is 12.3. The number of aliphatic carboxylic acids is 1. The van der Waals surface area contributed by atoms with Gasteiger partial charge in [0.05, 0.1) is 15.6 Å². The Labute approximate surface area is 113 Å². The lowest BCUT2D eigenvalue weighted by Crippen LogP contribution is -1.96. The topological polar surface area (TPSA) is 50.2 Å². The van der Waals surface area contributed by atoms with Gasteiger partial charge in [0.1, 0.15) is 0 Å². The molecule has 0 fully saturated rings. The van der Waals surface area contributed by atoms with E-state index in [1.165, 1.54) is 6.08 Å². The predicted molar refractivity (Wildman–Crippen MR) is 76.2 cm³/mol. The Hall–Kier alpha value is -1.16. The Morgan fingerprint density at radius 3 is 2.44 bits per heavy atom. The molecule has 0 bridgehead atoms. The van der Waals surface area contributed by atoms with E-state index in [4.69, 9.17) is 10.1 Å². The smallest absolute Gasteiger partial charge is 0.328 e. The number of thiazole rings is 1. The van der Waals surface area contributed by atoms with Crippen molar-refractivity contribution in [2.45, 2.75) is 52.4 Å². The van der Waals surface area contributed by atoms with Gasteiger partial charge in [-0.15, -0.1) is 11.3 Å². The van der Waals surface area contributed by atoms with Crippen LogP contribution in [0.2, 0.25) is 0 Å². The van der Waals surface area contributed by atoms with Crippen LogP contribution in [-0.4, -0.2) is 16.1 Å². The summed E-state index contributed by atoms with van der Waals surface area (Å²) in [5.41, 5.74) is 1.01. The van der Waals surface area contributed by atoms with Gasteiger partial charge in [-0.2, -0.15) is 0 Å². The molecule has 0 spiro atoms. The number of hydrogen-bond donors (Lipinski definition) is 1. The Morgan fingerprint density at radius 1 is 1.39 bits per heavy atom. The summed E-state index contributed by atoms with van der Waals surface area (Å²) in [6, 6.07) is 0. The molecule has 0 amide bonds. The minimum Gasteiger partial charge on any atom is -0.478 e. The number of hydrogen-bond acceptors (Lipinski definition) is 3. The Balaban J connectivity index is 3.11. The summed E-state index contributed by atoms with van der Waals surface area (Å²) >= 11 is 1.63. The summed E-state index contributed by atoms with van der Waals surface area (Å²) in [4.78, 5) is 16.3. The minimum absolute atomic E-state index is 0.317. The highest BCUT2D eigenvalue weighted by Crippen LogP contribution is 2.33. The second-order valence-corrected chi connectivity index (χ2v) is 5.70. The van der Waals surface area contributed by atoms with E-state index >= 15 is 0 Å². The van der Waals surface area contributed by atoms with E-state index in [0.29, 0.717) is 11.8 Å². The molecule has 1 heterocycles. The van der Waals surface area contributed by atoms with Gasteiger partial charge in [0.2, 0.25) is 0 Å². The molecule has 3 nitrogen and oxygen atoms in total. The highest BCUT2D eigenvalue weighted by Gasteiger charge is 2.17. The molecule has 1 aromatic heterocycles. The SMILES string of the molecule is CCC(CC)c1nc(C(C)C)c(/C=C/C(=O)O)s1. The standard InChI is InChI=1S/C14H21NO2S/c1-5-10(6-2)14-15-13(9(3)4)11(18-14)7-8-12(16)17/h7-10H,5-6H2,1-4H3,(H,16,17)/b8-7+. The van der Waals surface area contributed by atoms with Crippen molar-refractivity contribution in [2.75, 3.05) is 0 Å². The molecule has 0 aromatic carbocycles. The molecule has 1 N–H and O–H groups in total. The third-order valence-electron chi connectivity index (χ3n) is 2.96. The molecule has 0 radical (unpaired) electrons. The fourth-order valence-corrected chi connectivity index (χ4v) is 3.25. The second kappa shape index (κ2) is 6.69. The number of carboxylic acid groups (broad SMARTS) is 1. The Morgan fingerprint density at radius 2 is 2.00 bits per heavy atom. The molecular formula is C14H21NO2S. The highest BCUT2D eigenvalue weighted by molar-refractivity contribution is 7.12. The molecular weight excluding hydrogens is 246 g/mol. The average Bonchev–Trinajstić information content (AvgIpc) is 2.72. The quantitative estimate of drug-likeness (QED) is 0.783. The molecule has 18 heavy (non-hydrogen) atoms. The molecule has 0 aliphatic carbocycles. The van der Waals surface area contributed by atoms with Gasteiger partial charge in [-0.05, 0) is 24.8 Å². The van der Waals surface area contributed by atoms with Gasteiger partial charge >= 0.3 is 5.97 Å². The largest absolute Gasteiger partial charge is 0.478 e. The van der Waals surface area contributed by atoms with Gasteiger partial charge < -0.3 is 5.11 Å². The van der Waals surface area contributed by atoms with Crippen LogP contribution in [0.4, 0.5) is 0 Å². The van der Waals surface area contributed by atoms with Crippen LogP contribution in [0, 0.1) is 0 Å². The Bertz CT molecular complexity index is 431. The monoisotopic (exact) mass is 267 g/mol. The first-order chi connectivity index (χ1) is 8.49. The summed E-state index contributed by atoms with van der Waals surface area (Å²) in [5.74, 6) is -0.112. The van der Waals surface area contributed by atoms with E-state index in [-0.39, 0.29) is 0 Å². The van der Waals surface area contributed by atoms with E-state index < -0.39 is 5.97 Å². The predicted octanol–water partition coefficient (Wildman–Crippen LogP) is 4.27. The van der Waals surface area contributed by atoms with Crippen LogP contribution in [0.5, 0.6) is 0 Å². The van der Waals surface area contributed by atoms with E-state index in [1.54, 1.807) is 17.4 Å². The first-order valence-electron chi connectivity index (χ1n) is 6.41. The summed E-state index contributed by atoms with van der Waals surface area (Å²) in [6.07, 6.45) is 5.00. The third kappa shape index (κ3) is 3.67. The van der Waals surface area contributed by atoms with Gasteiger partial charge in [-0.25, -0.2) is 9.78 Å². The van der Waals surface area contributed by atoms with Gasteiger partial charge in [-0.3, -0.25) is 0 Å². The molecule has 0 unspecified atom stereocenters. The van der Waals surface area contributed by atoms with Crippen LogP contribution >= 0.6 is 11.3 Å². The number of rotatable bonds is 6. The maximum absolute atomic E-state index is 10.6. The second-order valence-electron chi connectivity index (χ2n) is 4.64. The molecule has 1 rings (SSSR count). The van der Waals surface area contributed by atoms with Gasteiger partial charge in [-0.1, -0.05) is 27.7 Å². The van der Waals surface area contributed by atoms with Gasteiger partial charge in [0.25, 0.3) is 0 Å². The zero-order valence-electron chi connectivity index (χ0n) is 11.4. The summed E-state index contributed by atoms with van der Waals surface area (Å²) in [6.45, 7) is 8.50. The van der Waals surface area contributed by atoms with Crippen molar-refractivity contribution >= 4 is 23.4 Å². The fourth-order valence-electron chi connectivity index (χ4n) is 1.85. The average molecular weight is 267 g/mol. The summed E-state index contributed by atoms with van der Waals surface area (Å²) < 4.78 is 0. The van der Waals surface area contributed by atoms with Crippen LogP contribution in [-0.2, 0) is 4.79 Å². The first-order valence-corrected chi connectivity index (χ1v) is 7.22. The van der Waals surface area contributed by atoms with Crippen molar-refractivity contribution in [3.63, 3.8) is 0 Å². The minimum atomic E-state index is -0.915. The lowest BCUT2D eigenvalue weighted by molar-refractivity contribution is -0.131. The van der Waals surface area contributed by atoms with Gasteiger partial charge in [0, 0.05) is 12.0 Å². The lowest BCUT2D eigenvalue weighted by Gasteiger charge is -2.07. The molecule has 0 aliphatic rings.